The van der Waals surface area contributed by atoms with E-state index in [0.29, 0.717) is 0 Å². The molecule has 70 valence electrons. The van der Waals surface area contributed by atoms with Gasteiger partial charge >= 0.3 is 0 Å². The van der Waals surface area contributed by atoms with Crippen LogP contribution in [0, 0.1) is 0 Å². The van der Waals surface area contributed by atoms with Crippen LogP contribution in [0.25, 0.3) is 0 Å². The fraction of sp³-hybridized carbons (Fsp3) is 1.00. The number of halogens is 1. The Kier molecular flexibility index (Phi) is 8.10. The van der Waals surface area contributed by atoms with E-state index in [2.05, 4.69) is 55.2 Å². The molecule has 0 amide bonds. The first-order chi connectivity index (χ1) is 4.46. The van der Waals surface area contributed by atoms with Crippen molar-refractivity contribution in [2.75, 3.05) is 42.3 Å². The molecule has 3 nitrogen and oxygen atoms in total. The summed E-state index contributed by atoms with van der Waals surface area (Å²) in [7, 11) is 12.5. The third-order valence-corrected chi connectivity index (χ3v) is 2.94. The van der Waals surface area contributed by atoms with Crippen molar-refractivity contribution in [2.24, 2.45) is 0 Å². The zero-order valence-electron chi connectivity index (χ0n) is 8.13. The summed E-state index contributed by atoms with van der Waals surface area (Å²) in [4.78, 5) is 0. The molecule has 0 aromatic heterocycles. The van der Waals surface area contributed by atoms with Crippen molar-refractivity contribution < 1.29 is 17.0 Å². The molecule has 0 bridgehead atoms. The van der Waals surface area contributed by atoms with Crippen LogP contribution in [0.4, 0.5) is 0 Å². The molecule has 0 atom stereocenters. The van der Waals surface area contributed by atoms with E-state index in [1.807, 2.05) is 0 Å². The first kappa shape index (κ1) is 14.2. The Labute approximate surface area is 83.9 Å². The van der Waals surface area contributed by atoms with Crippen LogP contribution in [0.1, 0.15) is 0 Å². The second kappa shape index (κ2) is 6.25. The molecule has 0 unspecified atom stereocenters. The van der Waals surface area contributed by atoms with Crippen molar-refractivity contribution in [1.82, 2.24) is 12.9 Å². The van der Waals surface area contributed by atoms with E-state index < -0.39 is 0 Å². The van der Waals surface area contributed by atoms with Gasteiger partial charge in [-0.1, -0.05) is 12.9 Å². The minimum atomic E-state index is 0. The molecule has 0 aliphatic heterocycles. The zero-order chi connectivity index (χ0) is 8.31. The summed E-state index contributed by atoms with van der Waals surface area (Å²) in [6.07, 6.45) is 0. The molecule has 5 heteroatoms. The van der Waals surface area contributed by atoms with Gasteiger partial charge in [0.25, 0.3) is 11.5 Å². The van der Waals surface area contributed by atoms with E-state index in [4.69, 9.17) is 0 Å². The maximum Gasteiger partial charge on any atom is 0.266 e. The Hall–Kier alpha value is 0.710. The predicted molar refractivity (Wildman–Crippen MR) is 48.4 cm³/mol. The highest BCUT2D eigenvalue weighted by Crippen LogP contribution is 2.05. The summed E-state index contributed by atoms with van der Waals surface area (Å²) < 4.78 is 6.58. The Morgan fingerprint density at radius 2 is 0.818 bits per heavy atom. The minimum Gasteiger partial charge on any atom is -1.00 e. The molecule has 0 rings (SSSR count). The molecule has 0 spiro atoms. The Morgan fingerprint density at radius 3 is 0.818 bits per heavy atom. The van der Waals surface area contributed by atoms with Gasteiger partial charge in [0.1, 0.15) is 0 Å². The largest absolute Gasteiger partial charge is 1.00 e. The lowest BCUT2D eigenvalue weighted by Gasteiger charge is -2.20. The first-order valence-corrected chi connectivity index (χ1v) is 4.33. The van der Waals surface area contributed by atoms with Crippen LogP contribution in [0.2, 0.25) is 0 Å². The molecule has 0 radical (unpaired) electrons. The Morgan fingerprint density at radius 1 is 0.636 bits per heavy atom. The summed E-state index contributed by atoms with van der Waals surface area (Å²) in [5, 5.41) is 0. The third kappa shape index (κ3) is 5.03. The van der Waals surface area contributed by atoms with Crippen molar-refractivity contribution in [3.05, 3.63) is 0 Å². The van der Waals surface area contributed by atoms with Crippen LogP contribution in [0.3, 0.4) is 0 Å². The summed E-state index contributed by atoms with van der Waals surface area (Å²) in [5.74, 6) is 0. The van der Waals surface area contributed by atoms with Gasteiger partial charge in [-0.05, 0) is 0 Å². The minimum absolute atomic E-state index is 0. The highest BCUT2D eigenvalue weighted by molar-refractivity contribution is 7.90. The van der Waals surface area contributed by atoms with Crippen molar-refractivity contribution in [1.29, 1.82) is 0 Å². The summed E-state index contributed by atoms with van der Waals surface area (Å²) in [6, 6.07) is 0. The normalized spacial score (nSPS) is 11.5. The zero-order valence-corrected chi connectivity index (χ0v) is 10.5. The quantitative estimate of drug-likeness (QED) is 0.491. The van der Waals surface area contributed by atoms with Gasteiger partial charge in [-0.15, -0.1) is 0 Å². The standard InChI is InChI=1S/C6H18N3S.BrH/c1-7(2)10(8(3)4)9(5)6;/h1-6H3;1H/q+1;/p-1. The van der Waals surface area contributed by atoms with Gasteiger partial charge in [0, 0.05) is 42.3 Å². The molecule has 0 heterocycles. The molecule has 0 aromatic carbocycles. The maximum absolute atomic E-state index is 2.19. The second-order valence-corrected chi connectivity index (χ2v) is 5.36. The van der Waals surface area contributed by atoms with E-state index in [1.165, 1.54) is 0 Å². The molecular weight excluding hydrogens is 226 g/mol. The SMILES string of the molecule is CN(C)[S+](N(C)C)N(C)C.[Br-]. The smallest absolute Gasteiger partial charge is 0.266 e. The fourth-order valence-corrected chi connectivity index (χ4v) is 2.94. The van der Waals surface area contributed by atoms with Crippen LogP contribution >= 0.6 is 0 Å². The van der Waals surface area contributed by atoms with Crippen LogP contribution in [-0.4, -0.2) is 55.2 Å². The van der Waals surface area contributed by atoms with Gasteiger partial charge in [0.2, 0.25) is 0 Å². The lowest BCUT2D eigenvalue weighted by Crippen LogP contribution is -3.00. The molecular formula is C6H18BrN3S. The monoisotopic (exact) mass is 243 g/mol. The third-order valence-electron chi connectivity index (χ3n) is 0.980. The van der Waals surface area contributed by atoms with Gasteiger partial charge in [-0.25, -0.2) is 0 Å². The Bertz CT molecular complexity index is 78.8. The molecule has 0 aliphatic rings. The topological polar surface area (TPSA) is 9.72 Å². The Balaban J connectivity index is 0. The van der Waals surface area contributed by atoms with Crippen LogP contribution < -0.4 is 17.0 Å². The lowest BCUT2D eigenvalue weighted by atomic mass is 11.2. The maximum atomic E-state index is 2.19. The van der Waals surface area contributed by atoms with E-state index in [1.54, 1.807) is 0 Å². The van der Waals surface area contributed by atoms with Crippen LogP contribution in [0.5, 0.6) is 0 Å². The van der Waals surface area contributed by atoms with Crippen molar-refractivity contribution in [3.63, 3.8) is 0 Å². The average Bonchev–Trinajstić information content (AvgIpc) is 1.59. The predicted octanol–water partition coefficient (Wildman–Crippen LogP) is -2.96. The van der Waals surface area contributed by atoms with E-state index in [0.717, 1.165) is 0 Å². The summed E-state index contributed by atoms with van der Waals surface area (Å²) in [5.41, 5.74) is 0. The summed E-state index contributed by atoms with van der Waals surface area (Å²) in [6.45, 7) is 0. The van der Waals surface area contributed by atoms with Crippen molar-refractivity contribution in [2.45, 2.75) is 0 Å². The lowest BCUT2D eigenvalue weighted by molar-refractivity contribution is -0.00000239. The van der Waals surface area contributed by atoms with Gasteiger partial charge in [-0.3, -0.25) is 0 Å². The van der Waals surface area contributed by atoms with E-state index in [-0.39, 0.29) is 28.4 Å². The van der Waals surface area contributed by atoms with Crippen LogP contribution in [-0.2, 0) is 11.5 Å². The molecule has 0 fully saturated rings. The summed E-state index contributed by atoms with van der Waals surface area (Å²) >= 11 is 0.120. The highest BCUT2D eigenvalue weighted by Gasteiger charge is 2.29. The van der Waals surface area contributed by atoms with Gasteiger partial charge in [-0.2, -0.15) is 0 Å². The fourth-order valence-electron chi connectivity index (χ4n) is 0.980. The molecule has 0 saturated heterocycles. The van der Waals surface area contributed by atoms with Gasteiger partial charge in [0.15, 0.2) is 0 Å². The van der Waals surface area contributed by atoms with Crippen LogP contribution in [0.15, 0.2) is 0 Å². The molecule has 0 N–H and O–H groups in total. The van der Waals surface area contributed by atoms with Gasteiger partial charge < -0.3 is 17.0 Å². The molecule has 0 saturated carbocycles. The van der Waals surface area contributed by atoms with Gasteiger partial charge in [0.05, 0.1) is 0 Å². The number of rotatable bonds is 3. The van der Waals surface area contributed by atoms with E-state index >= 15 is 0 Å². The highest BCUT2D eigenvalue weighted by atomic mass is 79.9. The molecule has 0 aromatic rings. The second-order valence-electron chi connectivity index (χ2n) is 2.68. The van der Waals surface area contributed by atoms with Crippen molar-refractivity contribution >= 4 is 11.5 Å². The molecule has 11 heavy (non-hydrogen) atoms. The number of nitrogens with zero attached hydrogens (tertiary/aromatic N) is 3. The van der Waals surface area contributed by atoms with E-state index in [9.17, 15) is 0 Å². The van der Waals surface area contributed by atoms with Crippen molar-refractivity contribution in [3.8, 4) is 0 Å². The number of hydrogen-bond donors (Lipinski definition) is 0. The number of hydrogen-bond acceptors (Lipinski definition) is 3. The average molecular weight is 244 g/mol. The first-order valence-electron chi connectivity index (χ1n) is 3.23. The molecule has 0 aliphatic carbocycles.